The van der Waals surface area contributed by atoms with Crippen LogP contribution < -0.4 is 19.5 Å². The number of nitrogens with one attached hydrogen (secondary N) is 1. The standard InChI is InChI=1S/C21H25NO4/c1-15-5-3-4-6-18(15)26-14-16(2)22-21(23)10-8-17-7-9-19-20(13-17)25-12-11-24-19/h3-7,9,13,16H,8,10-12,14H2,1-2H3,(H,22,23)/t16-/m0/s1. The van der Waals surface area contributed by atoms with Crippen molar-refractivity contribution in [1.29, 1.82) is 0 Å². The van der Waals surface area contributed by atoms with E-state index < -0.39 is 0 Å². The lowest BCUT2D eigenvalue weighted by molar-refractivity contribution is -0.121. The van der Waals surface area contributed by atoms with E-state index in [4.69, 9.17) is 14.2 Å². The van der Waals surface area contributed by atoms with Crippen LogP contribution in [0.25, 0.3) is 0 Å². The Morgan fingerprint density at radius 2 is 1.92 bits per heavy atom. The topological polar surface area (TPSA) is 56.8 Å². The van der Waals surface area contributed by atoms with Crippen LogP contribution >= 0.6 is 0 Å². The summed E-state index contributed by atoms with van der Waals surface area (Å²) in [6.45, 7) is 5.54. The van der Waals surface area contributed by atoms with E-state index in [1.165, 1.54) is 0 Å². The van der Waals surface area contributed by atoms with Crippen molar-refractivity contribution in [3.63, 3.8) is 0 Å². The van der Waals surface area contributed by atoms with Crippen LogP contribution in [-0.4, -0.2) is 31.8 Å². The van der Waals surface area contributed by atoms with Gasteiger partial charge in [-0.2, -0.15) is 0 Å². The monoisotopic (exact) mass is 355 g/mol. The molecule has 138 valence electrons. The minimum atomic E-state index is -0.0534. The molecular formula is C21H25NO4. The smallest absolute Gasteiger partial charge is 0.220 e. The number of ether oxygens (including phenoxy) is 3. The Bertz CT molecular complexity index is 759. The van der Waals surface area contributed by atoms with Crippen LogP contribution in [0, 0.1) is 6.92 Å². The van der Waals surface area contributed by atoms with E-state index in [-0.39, 0.29) is 11.9 Å². The first-order chi connectivity index (χ1) is 12.6. The van der Waals surface area contributed by atoms with Gasteiger partial charge in [0.15, 0.2) is 11.5 Å². The van der Waals surface area contributed by atoms with Crippen molar-refractivity contribution in [3.05, 3.63) is 53.6 Å². The Hall–Kier alpha value is -2.69. The van der Waals surface area contributed by atoms with Gasteiger partial charge in [0.25, 0.3) is 0 Å². The number of hydrogen-bond acceptors (Lipinski definition) is 4. The van der Waals surface area contributed by atoms with Crippen LogP contribution in [-0.2, 0) is 11.2 Å². The molecule has 1 heterocycles. The quantitative estimate of drug-likeness (QED) is 0.828. The summed E-state index contributed by atoms with van der Waals surface area (Å²) in [4.78, 5) is 12.2. The minimum absolute atomic E-state index is 0.0146. The van der Waals surface area contributed by atoms with Gasteiger partial charge < -0.3 is 19.5 Å². The number of rotatable bonds is 7. The van der Waals surface area contributed by atoms with Crippen LogP contribution in [0.15, 0.2) is 42.5 Å². The second-order valence-corrected chi connectivity index (χ2v) is 6.52. The Kier molecular flexibility index (Phi) is 6.00. The van der Waals surface area contributed by atoms with E-state index in [1.807, 2.05) is 56.3 Å². The minimum Gasteiger partial charge on any atom is -0.491 e. The molecule has 0 radical (unpaired) electrons. The fourth-order valence-electron chi connectivity index (χ4n) is 2.82. The zero-order valence-corrected chi connectivity index (χ0v) is 15.3. The van der Waals surface area contributed by atoms with Gasteiger partial charge in [-0.25, -0.2) is 0 Å². The van der Waals surface area contributed by atoms with Crippen LogP contribution in [0.4, 0.5) is 0 Å². The molecule has 0 unspecified atom stereocenters. The number of hydrogen-bond donors (Lipinski definition) is 1. The van der Waals surface area contributed by atoms with Gasteiger partial charge in [-0.05, 0) is 49.6 Å². The van der Waals surface area contributed by atoms with Gasteiger partial charge in [-0.3, -0.25) is 4.79 Å². The Labute approximate surface area is 154 Å². The maximum absolute atomic E-state index is 12.2. The van der Waals surface area contributed by atoms with Gasteiger partial charge in [0.1, 0.15) is 25.6 Å². The molecule has 1 N–H and O–H groups in total. The average Bonchev–Trinajstić information content (AvgIpc) is 2.65. The first-order valence-electron chi connectivity index (χ1n) is 8.98. The number of para-hydroxylation sites is 1. The third kappa shape index (κ3) is 4.91. The molecule has 26 heavy (non-hydrogen) atoms. The predicted octanol–water partition coefficient (Wildman–Crippen LogP) is 3.28. The van der Waals surface area contributed by atoms with Crippen LogP contribution in [0.3, 0.4) is 0 Å². The number of amides is 1. The maximum atomic E-state index is 12.2. The maximum Gasteiger partial charge on any atom is 0.220 e. The molecule has 0 bridgehead atoms. The van der Waals surface area contributed by atoms with E-state index >= 15 is 0 Å². The number of fused-ring (bicyclic) bond motifs is 1. The van der Waals surface area contributed by atoms with E-state index in [9.17, 15) is 4.79 Å². The summed E-state index contributed by atoms with van der Waals surface area (Å²) in [5.41, 5.74) is 2.15. The molecule has 0 spiro atoms. The molecule has 1 atom stereocenters. The lowest BCUT2D eigenvalue weighted by atomic mass is 10.1. The summed E-state index contributed by atoms with van der Waals surface area (Å²) in [5.74, 6) is 2.39. The molecule has 3 rings (SSSR count). The van der Waals surface area contributed by atoms with E-state index in [1.54, 1.807) is 0 Å². The van der Waals surface area contributed by atoms with Gasteiger partial charge >= 0.3 is 0 Å². The SMILES string of the molecule is Cc1ccccc1OC[C@H](C)NC(=O)CCc1ccc2c(c1)OCCO2. The third-order valence-electron chi connectivity index (χ3n) is 4.24. The molecular weight excluding hydrogens is 330 g/mol. The van der Waals surface area contributed by atoms with Crippen molar-refractivity contribution in [3.8, 4) is 17.2 Å². The number of aryl methyl sites for hydroxylation is 2. The van der Waals surface area contributed by atoms with Gasteiger partial charge in [0.2, 0.25) is 5.91 Å². The second-order valence-electron chi connectivity index (χ2n) is 6.52. The lowest BCUT2D eigenvalue weighted by Crippen LogP contribution is -2.36. The Morgan fingerprint density at radius 1 is 1.15 bits per heavy atom. The molecule has 0 aliphatic carbocycles. The summed E-state index contributed by atoms with van der Waals surface area (Å²) < 4.78 is 16.9. The second kappa shape index (κ2) is 8.61. The predicted molar refractivity (Wildman–Crippen MR) is 100 cm³/mol. The molecule has 5 nitrogen and oxygen atoms in total. The largest absolute Gasteiger partial charge is 0.491 e. The zero-order chi connectivity index (χ0) is 18.4. The molecule has 0 saturated carbocycles. The number of carbonyl (C=O) groups is 1. The van der Waals surface area contributed by atoms with E-state index in [0.717, 1.165) is 28.4 Å². The van der Waals surface area contributed by atoms with Crippen molar-refractivity contribution in [2.75, 3.05) is 19.8 Å². The molecule has 1 amide bonds. The van der Waals surface area contributed by atoms with Gasteiger partial charge in [0, 0.05) is 6.42 Å². The summed E-state index contributed by atoms with van der Waals surface area (Å²) in [5, 5.41) is 2.98. The molecule has 0 saturated heterocycles. The molecule has 0 aromatic heterocycles. The highest BCUT2D eigenvalue weighted by Crippen LogP contribution is 2.31. The first-order valence-corrected chi connectivity index (χ1v) is 8.98. The number of benzene rings is 2. The molecule has 2 aromatic rings. The van der Waals surface area contributed by atoms with Crippen molar-refractivity contribution < 1.29 is 19.0 Å². The molecule has 5 heteroatoms. The van der Waals surface area contributed by atoms with Gasteiger partial charge in [-0.15, -0.1) is 0 Å². The molecule has 0 fully saturated rings. The molecule has 2 aromatic carbocycles. The summed E-state index contributed by atoms with van der Waals surface area (Å²) in [7, 11) is 0. The Morgan fingerprint density at radius 3 is 2.73 bits per heavy atom. The average molecular weight is 355 g/mol. The van der Waals surface area contributed by atoms with Gasteiger partial charge in [-0.1, -0.05) is 24.3 Å². The van der Waals surface area contributed by atoms with Crippen LogP contribution in [0.1, 0.15) is 24.5 Å². The lowest BCUT2D eigenvalue weighted by Gasteiger charge is -2.19. The highest BCUT2D eigenvalue weighted by atomic mass is 16.6. The third-order valence-corrected chi connectivity index (χ3v) is 4.24. The van der Waals surface area contributed by atoms with Crippen molar-refractivity contribution in [2.24, 2.45) is 0 Å². The van der Waals surface area contributed by atoms with Gasteiger partial charge in [0.05, 0.1) is 6.04 Å². The Balaban J connectivity index is 1.43. The first kappa shape index (κ1) is 18.1. The van der Waals surface area contributed by atoms with Crippen molar-refractivity contribution in [2.45, 2.75) is 32.7 Å². The van der Waals surface area contributed by atoms with E-state index in [2.05, 4.69) is 5.32 Å². The highest BCUT2D eigenvalue weighted by molar-refractivity contribution is 5.76. The molecule has 1 aliphatic heterocycles. The summed E-state index contributed by atoms with van der Waals surface area (Å²) in [6.07, 6.45) is 1.09. The summed E-state index contributed by atoms with van der Waals surface area (Å²) in [6, 6.07) is 13.6. The summed E-state index contributed by atoms with van der Waals surface area (Å²) >= 11 is 0. The fraction of sp³-hybridized carbons (Fsp3) is 0.381. The normalized spacial score (nSPS) is 13.8. The van der Waals surface area contributed by atoms with Crippen LogP contribution in [0.2, 0.25) is 0 Å². The van der Waals surface area contributed by atoms with E-state index in [0.29, 0.717) is 32.7 Å². The highest BCUT2D eigenvalue weighted by Gasteiger charge is 2.13. The zero-order valence-electron chi connectivity index (χ0n) is 15.3. The van der Waals surface area contributed by atoms with Crippen LogP contribution in [0.5, 0.6) is 17.2 Å². The number of carbonyl (C=O) groups excluding carboxylic acids is 1. The fourth-order valence-corrected chi connectivity index (χ4v) is 2.82. The van der Waals surface area contributed by atoms with Crippen molar-refractivity contribution >= 4 is 5.91 Å². The van der Waals surface area contributed by atoms with Crippen molar-refractivity contribution in [1.82, 2.24) is 5.32 Å². The molecule has 1 aliphatic rings.